The van der Waals surface area contributed by atoms with E-state index in [0.717, 1.165) is 11.1 Å². The molecule has 0 aromatic heterocycles. The van der Waals surface area contributed by atoms with Crippen LogP contribution in [0.2, 0.25) is 0 Å². The maximum atomic E-state index is 9.54. The quantitative estimate of drug-likeness (QED) is 0.396. The highest BCUT2D eigenvalue weighted by atomic mass is 14.5. The first-order chi connectivity index (χ1) is 14.3. The van der Waals surface area contributed by atoms with E-state index in [1.807, 2.05) is 36.4 Å². The second kappa shape index (κ2) is 6.48. The van der Waals surface area contributed by atoms with Crippen molar-refractivity contribution in [2.45, 2.75) is 5.41 Å². The Morgan fingerprint density at radius 3 is 1.41 bits per heavy atom. The molecule has 2 nitrogen and oxygen atoms in total. The van der Waals surface area contributed by atoms with E-state index in [1.54, 1.807) is 0 Å². The predicted octanol–water partition coefficient (Wildman–Crippen LogP) is 5.79. The highest BCUT2D eigenvalue weighted by Gasteiger charge is 2.45. The maximum Gasteiger partial charge on any atom is 0.0991 e. The molecule has 0 N–H and O–H groups in total. The standard InChI is InChI=1S/C27H16N2/c28-17-19-7-5-9-21(15-19)27(22-10-6-8-20(16-22)18-29)25-13-3-1-11-23(25)24-12-2-4-14-26(24)27/h1-16H. The normalized spacial score (nSPS) is 13.0. The smallest absolute Gasteiger partial charge is 0.0991 e. The van der Waals surface area contributed by atoms with Crippen molar-refractivity contribution in [3.05, 3.63) is 130 Å². The topological polar surface area (TPSA) is 47.6 Å². The van der Waals surface area contributed by atoms with Gasteiger partial charge >= 0.3 is 0 Å². The summed E-state index contributed by atoms with van der Waals surface area (Å²) in [6.45, 7) is 0. The molecule has 0 spiro atoms. The Kier molecular flexibility index (Phi) is 3.80. The van der Waals surface area contributed by atoms with Crippen LogP contribution in [-0.2, 0) is 5.41 Å². The molecule has 4 aromatic carbocycles. The molecular weight excluding hydrogens is 352 g/mol. The summed E-state index contributed by atoms with van der Waals surface area (Å²) in [5.41, 5.74) is 7.46. The molecule has 0 unspecified atom stereocenters. The predicted molar refractivity (Wildman–Crippen MR) is 113 cm³/mol. The molecule has 0 aliphatic heterocycles. The molecule has 134 valence electrons. The van der Waals surface area contributed by atoms with Crippen LogP contribution in [0.1, 0.15) is 33.4 Å². The number of hydrogen-bond donors (Lipinski definition) is 0. The molecule has 4 aromatic rings. The lowest BCUT2D eigenvalue weighted by Gasteiger charge is -2.34. The zero-order chi connectivity index (χ0) is 19.8. The van der Waals surface area contributed by atoms with E-state index >= 15 is 0 Å². The highest BCUT2D eigenvalue weighted by Crippen LogP contribution is 2.56. The third-order valence-electron chi connectivity index (χ3n) is 5.80. The van der Waals surface area contributed by atoms with Gasteiger partial charge in [0.1, 0.15) is 0 Å². The lowest BCUT2D eigenvalue weighted by Crippen LogP contribution is -2.28. The molecule has 0 saturated heterocycles. The Hall–Kier alpha value is -4.14. The van der Waals surface area contributed by atoms with Gasteiger partial charge in [0, 0.05) is 0 Å². The van der Waals surface area contributed by atoms with Crippen molar-refractivity contribution in [3.8, 4) is 23.3 Å². The van der Waals surface area contributed by atoms with E-state index in [4.69, 9.17) is 0 Å². The molecule has 0 atom stereocenters. The summed E-state index contributed by atoms with van der Waals surface area (Å²) in [7, 11) is 0. The summed E-state index contributed by atoms with van der Waals surface area (Å²) in [5.74, 6) is 0. The van der Waals surface area contributed by atoms with Gasteiger partial charge in [0.25, 0.3) is 0 Å². The van der Waals surface area contributed by atoms with Gasteiger partial charge < -0.3 is 0 Å². The lowest BCUT2D eigenvalue weighted by atomic mass is 9.67. The second-order valence-corrected chi connectivity index (χ2v) is 7.23. The van der Waals surface area contributed by atoms with Crippen molar-refractivity contribution < 1.29 is 0 Å². The van der Waals surface area contributed by atoms with Gasteiger partial charge in [-0.05, 0) is 57.6 Å². The fourth-order valence-corrected chi connectivity index (χ4v) is 4.67. The van der Waals surface area contributed by atoms with Gasteiger partial charge in [-0.15, -0.1) is 0 Å². The molecule has 0 heterocycles. The molecule has 1 aliphatic carbocycles. The Labute approximate surface area is 169 Å². The third-order valence-corrected chi connectivity index (χ3v) is 5.80. The molecule has 1 aliphatic rings. The Bertz CT molecular complexity index is 1230. The van der Waals surface area contributed by atoms with Gasteiger partial charge in [0.05, 0.1) is 28.7 Å². The van der Waals surface area contributed by atoms with E-state index in [0.29, 0.717) is 11.1 Å². The summed E-state index contributed by atoms with van der Waals surface area (Å²) >= 11 is 0. The molecule has 29 heavy (non-hydrogen) atoms. The molecule has 2 heteroatoms. The fraction of sp³-hybridized carbons (Fsp3) is 0.0370. The Morgan fingerprint density at radius 1 is 0.517 bits per heavy atom. The molecule has 0 radical (unpaired) electrons. The van der Waals surface area contributed by atoms with Crippen LogP contribution in [0.25, 0.3) is 11.1 Å². The summed E-state index contributed by atoms with van der Waals surface area (Å²) < 4.78 is 0. The molecule has 5 rings (SSSR count). The largest absolute Gasteiger partial charge is 0.192 e. The van der Waals surface area contributed by atoms with Crippen molar-refractivity contribution in [3.63, 3.8) is 0 Å². The van der Waals surface area contributed by atoms with Crippen molar-refractivity contribution in [2.24, 2.45) is 0 Å². The van der Waals surface area contributed by atoms with Gasteiger partial charge in [-0.1, -0.05) is 72.8 Å². The van der Waals surface area contributed by atoms with Crippen LogP contribution in [0.5, 0.6) is 0 Å². The average Bonchev–Trinajstić information content (AvgIpc) is 3.10. The zero-order valence-electron chi connectivity index (χ0n) is 15.6. The van der Waals surface area contributed by atoms with Gasteiger partial charge in [-0.25, -0.2) is 0 Å². The van der Waals surface area contributed by atoms with Crippen LogP contribution in [0.3, 0.4) is 0 Å². The minimum atomic E-state index is -0.576. The van der Waals surface area contributed by atoms with Crippen molar-refractivity contribution in [1.29, 1.82) is 10.5 Å². The number of benzene rings is 4. The van der Waals surface area contributed by atoms with Gasteiger partial charge in [0.2, 0.25) is 0 Å². The second-order valence-electron chi connectivity index (χ2n) is 7.23. The fourth-order valence-electron chi connectivity index (χ4n) is 4.67. The van der Waals surface area contributed by atoms with Crippen LogP contribution < -0.4 is 0 Å². The monoisotopic (exact) mass is 368 g/mol. The number of fused-ring (bicyclic) bond motifs is 3. The maximum absolute atomic E-state index is 9.54. The highest BCUT2D eigenvalue weighted by molar-refractivity contribution is 5.86. The first-order valence-electron chi connectivity index (χ1n) is 9.49. The number of nitriles is 2. The third kappa shape index (κ3) is 2.34. The van der Waals surface area contributed by atoms with Crippen molar-refractivity contribution in [2.75, 3.05) is 0 Å². The number of hydrogen-bond acceptors (Lipinski definition) is 2. The summed E-state index contributed by atoms with van der Waals surface area (Å²) in [6, 6.07) is 37.0. The molecule has 0 saturated carbocycles. The van der Waals surface area contributed by atoms with E-state index in [1.165, 1.54) is 22.3 Å². The Balaban J connectivity index is 1.98. The van der Waals surface area contributed by atoms with E-state index in [9.17, 15) is 10.5 Å². The van der Waals surface area contributed by atoms with Crippen LogP contribution >= 0.6 is 0 Å². The minimum Gasteiger partial charge on any atom is -0.192 e. The van der Waals surface area contributed by atoms with Crippen LogP contribution in [0.4, 0.5) is 0 Å². The van der Waals surface area contributed by atoms with E-state index in [2.05, 4.69) is 72.8 Å². The van der Waals surface area contributed by atoms with E-state index < -0.39 is 5.41 Å². The van der Waals surface area contributed by atoms with Crippen molar-refractivity contribution >= 4 is 0 Å². The van der Waals surface area contributed by atoms with Crippen molar-refractivity contribution in [1.82, 2.24) is 0 Å². The minimum absolute atomic E-state index is 0.576. The first-order valence-corrected chi connectivity index (χ1v) is 9.49. The summed E-state index contributed by atoms with van der Waals surface area (Å²) in [5, 5.41) is 19.1. The van der Waals surface area contributed by atoms with Crippen LogP contribution in [0.15, 0.2) is 97.1 Å². The van der Waals surface area contributed by atoms with Gasteiger partial charge in [-0.2, -0.15) is 10.5 Å². The van der Waals surface area contributed by atoms with Crippen LogP contribution in [-0.4, -0.2) is 0 Å². The zero-order valence-corrected chi connectivity index (χ0v) is 15.6. The van der Waals surface area contributed by atoms with Gasteiger partial charge in [0.15, 0.2) is 0 Å². The summed E-state index contributed by atoms with van der Waals surface area (Å²) in [6.07, 6.45) is 0. The SMILES string of the molecule is N#Cc1cccc(C2(c3cccc(C#N)c3)c3ccccc3-c3ccccc32)c1. The lowest BCUT2D eigenvalue weighted by molar-refractivity contribution is 0.767. The van der Waals surface area contributed by atoms with Crippen LogP contribution in [0, 0.1) is 22.7 Å². The molecule has 0 bridgehead atoms. The number of nitrogens with zero attached hydrogens (tertiary/aromatic N) is 2. The average molecular weight is 368 g/mol. The Morgan fingerprint density at radius 2 is 0.966 bits per heavy atom. The molecule has 0 amide bonds. The first kappa shape index (κ1) is 17.0. The molecular formula is C27H16N2. The van der Waals surface area contributed by atoms with E-state index in [-0.39, 0.29) is 0 Å². The number of rotatable bonds is 2. The summed E-state index contributed by atoms with van der Waals surface area (Å²) in [4.78, 5) is 0. The molecule has 0 fully saturated rings. The van der Waals surface area contributed by atoms with Gasteiger partial charge in [-0.3, -0.25) is 0 Å².